The molecule has 4 nitrogen and oxygen atoms in total. The Kier molecular flexibility index (Phi) is 1.55. The normalized spacial score (nSPS) is 26.0. The van der Waals surface area contributed by atoms with E-state index in [-0.39, 0.29) is 0 Å². The summed E-state index contributed by atoms with van der Waals surface area (Å²) in [5.74, 6) is 0.599. The molecule has 1 aromatic heterocycles. The Labute approximate surface area is 76.9 Å². The molecule has 1 atom stereocenters. The van der Waals surface area contributed by atoms with Crippen molar-refractivity contribution in [1.29, 1.82) is 0 Å². The molecular formula is C9H13N3O. The molecular weight excluding hydrogens is 166 g/mol. The first-order valence-corrected chi connectivity index (χ1v) is 4.84. The number of rotatable bonds is 1. The van der Waals surface area contributed by atoms with Crippen LogP contribution in [0.5, 0.6) is 6.01 Å². The molecule has 1 aromatic rings. The van der Waals surface area contributed by atoms with Crippen LogP contribution in [0.3, 0.4) is 0 Å². The number of imidazole rings is 1. The zero-order chi connectivity index (χ0) is 8.67. The van der Waals surface area contributed by atoms with Crippen molar-refractivity contribution in [3.05, 3.63) is 11.9 Å². The third-order valence-electron chi connectivity index (χ3n) is 2.80. The summed E-state index contributed by atoms with van der Waals surface area (Å²) in [6, 6.07) is 0.807. The molecule has 1 N–H and O–H groups in total. The van der Waals surface area contributed by atoms with Gasteiger partial charge in [0.05, 0.1) is 12.2 Å². The van der Waals surface area contributed by atoms with Crippen molar-refractivity contribution < 1.29 is 4.74 Å². The lowest BCUT2D eigenvalue weighted by atomic mass is 10.1. The van der Waals surface area contributed by atoms with Gasteiger partial charge in [-0.1, -0.05) is 0 Å². The van der Waals surface area contributed by atoms with Gasteiger partial charge in [-0.2, -0.15) is 4.98 Å². The highest BCUT2D eigenvalue weighted by Gasteiger charge is 2.23. The molecule has 2 aliphatic heterocycles. The van der Waals surface area contributed by atoms with Crippen LogP contribution in [0.15, 0.2) is 6.20 Å². The zero-order valence-electron chi connectivity index (χ0n) is 7.49. The second-order valence-electron chi connectivity index (χ2n) is 3.68. The van der Waals surface area contributed by atoms with Gasteiger partial charge in [-0.25, -0.2) is 0 Å². The van der Waals surface area contributed by atoms with Gasteiger partial charge in [-0.05, 0) is 13.0 Å². The van der Waals surface area contributed by atoms with Crippen LogP contribution < -0.4 is 10.1 Å². The Balaban J connectivity index is 1.88. The summed E-state index contributed by atoms with van der Waals surface area (Å²) in [5, 5.41) is 3.35. The Bertz CT molecular complexity index is 293. The number of hydrogen-bond acceptors (Lipinski definition) is 3. The summed E-state index contributed by atoms with van der Waals surface area (Å²) in [6.45, 7) is 3.93. The van der Waals surface area contributed by atoms with Gasteiger partial charge >= 0.3 is 0 Å². The van der Waals surface area contributed by atoms with Crippen molar-refractivity contribution >= 4 is 0 Å². The number of nitrogens with zero attached hydrogens (tertiary/aromatic N) is 2. The number of fused-ring (bicyclic) bond motifs is 1. The first-order valence-electron chi connectivity index (χ1n) is 4.84. The first-order chi connectivity index (χ1) is 6.43. The molecule has 3 heterocycles. The summed E-state index contributed by atoms with van der Waals surface area (Å²) in [4.78, 5) is 4.47. The van der Waals surface area contributed by atoms with E-state index in [2.05, 4.69) is 21.1 Å². The Morgan fingerprint density at radius 2 is 2.62 bits per heavy atom. The van der Waals surface area contributed by atoms with Crippen LogP contribution in [0.4, 0.5) is 0 Å². The largest absolute Gasteiger partial charge is 0.463 e. The third kappa shape index (κ3) is 1.13. The van der Waals surface area contributed by atoms with E-state index < -0.39 is 0 Å². The smallest absolute Gasteiger partial charge is 0.296 e. The lowest BCUT2D eigenvalue weighted by molar-refractivity contribution is 0.343. The van der Waals surface area contributed by atoms with Gasteiger partial charge in [0.25, 0.3) is 6.01 Å². The average molecular weight is 179 g/mol. The molecule has 70 valence electrons. The van der Waals surface area contributed by atoms with Crippen LogP contribution >= 0.6 is 0 Å². The molecule has 0 amide bonds. The van der Waals surface area contributed by atoms with Gasteiger partial charge in [0.15, 0.2) is 0 Å². The van der Waals surface area contributed by atoms with E-state index in [9.17, 15) is 0 Å². The van der Waals surface area contributed by atoms with E-state index in [4.69, 9.17) is 4.74 Å². The van der Waals surface area contributed by atoms with E-state index in [1.165, 1.54) is 12.1 Å². The molecule has 0 radical (unpaired) electrons. The van der Waals surface area contributed by atoms with E-state index >= 15 is 0 Å². The van der Waals surface area contributed by atoms with Crippen molar-refractivity contribution in [2.45, 2.75) is 18.9 Å². The molecule has 1 unspecified atom stereocenters. The highest BCUT2D eigenvalue weighted by Crippen LogP contribution is 2.25. The summed E-state index contributed by atoms with van der Waals surface area (Å²) < 4.78 is 7.47. The van der Waals surface area contributed by atoms with Crippen molar-refractivity contribution in [3.63, 3.8) is 0 Å². The molecule has 2 aliphatic rings. The Morgan fingerprint density at radius 3 is 3.38 bits per heavy atom. The summed E-state index contributed by atoms with van der Waals surface area (Å²) >= 11 is 0. The van der Waals surface area contributed by atoms with Crippen LogP contribution in [-0.4, -0.2) is 29.2 Å². The molecule has 3 rings (SSSR count). The van der Waals surface area contributed by atoms with Gasteiger partial charge in [0.1, 0.15) is 6.61 Å². The van der Waals surface area contributed by atoms with Crippen LogP contribution in [0.25, 0.3) is 0 Å². The van der Waals surface area contributed by atoms with Crippen LogP contribution in [-0.2, 0) is 6.54 Å². The maximum Gasteiger partial charge on any atom is 0.296 e. The van der Waals surface area contributed by atoms with E-state index in [0.717, 1.165) is 32.3 Å². The molecule has 1 fully saturated rings. The van der Waals surface area contributed by atoms with Crippen LogP contribution in [0.1, 0.15) is 18.0 Å². The van der Waals surface area contributed by atoms with E-state index in [1.807, 2.05) is 0 Å². The number of nitrogens with one attached hydrogen (secondary N) is 1. The van der Waals surface area contributed by atoms with Crippen molar-refractivity contribution in [3.8, 4) is 6.01 Å². The van der Waals surface area contributed by atoms with Crippen LogP contribution in [0.2, 0.25) is 0 Å². The Morgan fingerprint density at radius 1 is 1.62 bits per heavy atom. The highest BCUT2D eigenvalue weighted by molar-refractivity contribution is 5.16. The number of hydrogen-bond donors (Lipinski definition) is 1. The SMILES string of the molecule is c1c(C2CCNC2)nc2n1CCO2. The summed E-state index contributed by atoms with van der Waals surface area (Å²) in [5.41, 5.74) is 1.19. The quantitative estimate of drug-likeness (QED) is 0.676. The molecule has 13 heavy (non-hydrogen) atoms. The second-order valence-corrected chi connectivity index (χ2v) is 3.68. The minimum Gasteiger partial charge on any atom is -0.463 e. The highest BCUT2D eigenvalue weighted by atomic mass is 16.5. The van der Waals surface area contributed by atoms with Crippen molar-refractivity contribution in [2.75, 3.05) is 19.7 Å². The maximum atomic E-state index is 5.37. The average Bonchev–Trinajstić information content (AvgIpc) is 2.78. The van der Waals surface area contributed by atoms with E-state index in [0.29, 0.717) is 5.92 Å². The molecule has 0 aliphatic carbocycles. The minimum absolute atomic E-state index is 0.599. The fraction of sp³-hybridized carbons (Fsp3) is 0.667. The van der Waals surface area contributed by atoms with Crippen molar-refractivity contribution in [1.82, 2.24) is 14.9 Å². The molecule has 0 bridgehead atoms. The number of ether oxygens (including phenoxy) is 1. The van der Waals surface area contributed by atoms with E-state index in [1.54, 1.807) is 0 Å². The monoisotopic (exact) mass is 179 g/mol. The fourth-order valence-electron chi connectivity index (χ4n) is 2.03. The molecule has 0 saturated carbocycles. The molecule has 1 saturated heterocycles. The Hall–Kier alpha value is -1.03. The summed E-state index contributed by atoms with van der Waals surface area (Å²) in [6.07, 6.45) is 3.34. The predicted octanol–water partition coefficient (Wildman–Crippen LogP) is 0.352. The van der Waals surface area contributed by atoms with Gasteiger partial charge < -0.3 is 10.1 Å². The molecule has 0 aromatic carbocycles. The third-order valence-corrected chi connectivity index (χ3v) is 2.80. The lowest BCUT2D eigenvalue weighted by Gasteiger charge is -2.02. The van der Waals surface area contributed by atoms with Gasteiger partial charge in [-0.15, -0.1) is 0 Å². The topological polar surface area (TPSA) is 39.1 Å². The lowest BCUT2D eigenvalue weighted by Crippen LogP contribution is -2.08. The van der Waals surface area contributed by atoms with Gasteiger partial charge in [0.2, 0.25) is 0 Å². The zero-order valence-corrected chi connectivity index (χ0v) is 7.49. The first kappa shape index (κ1) is 7.38. The molecule has 0 spiro atoms. The number of aromatic nitrogens is 2. The predicted molar refractivity (Wildman–Crippen MR) is 47.9 cm³/mol. The fourth-order valence-corrected chi connectivity index (χ4v) is 2.03. The standard InChI is InChI=1S/C9H13N3O/c1-2-10-5-7(1)8-6-12-3-4-13-9(12)11-8/h6-7,10H,1-5H2. The minimum atomic E-state index is 0.599. The summed E-state index contributed by atoms with van der Waals surface area (Å²) in [7, 11) is 0. The second kappa shape index (κ2) is 2.73. The van der Waals surface area contributed by atoms with Crippen molar-refractivity contribution in [2.24, 2.45) is 0 Å². The van der Waals surface area contributed by atoms with Crippen LogP contribution in [0, 0.1) is 0 Å². The van der Waals surface area contributed by atoms with Gasteiger partial charge in [0, 0.05) is 18.7 Å². The van der Waals surface area contributed by atoms with Gasteiger partial charge in [-0.3, -0.25) is 4.57 Å². The molecule has 4 heteroatoms. The maximum absolute atomic E-state index is 5.37.